The summed E-state index contributed by atoms with van der Waals surface area (Å²) in [6, 6.07) is 1.15. The van der Waals surface area contributed by atoms with E-state index >= 15 is 0 Å². The van der Waals surface area contributed by atoms with Gasteiger partial charge in [-0.2, -0.15) is 4.31 Å². The van der Waals surface area contributed by atoms with Gasteiger partial charge in [-0.25, -0.2) is 8.42 Å². The Labute approximate surface area is 180 Å². The fourth-order valence-electron chi connectivity index (χ4n) is 5.39. The normalized spacial score (nSPS) is 27.2. The number of piperazine rings is 1. The molecule has 0 amide bonds. The first-order chi connectivity index (χ1) is 14.2. The average Bonchev–Trinajstić information content (AvgIpc) is 3.07. The number of nitrogens with zero attached hydrogens (tertiary/aromatic N) is 4. The number of ether oxygens (including phenoxy) is 1. The Morgan fingerprint density at radius 2 is 1.73 bits per heavy atom. The highest BCUT2D eigenvalue weighted by molar-refractivity contribution is 7.89. The van der Waals surface area contributed by atoms with Gasteiger partial charge in [-0.05, 0) is 53.4 Å². The molecule has 1 aromatic heterocycles. The van der Waals surface area contributed by atoms with Gasteiger partial charge in [0.2, 0.25) is 10.0 Å². The third-order valence-corrected chi connectivity index (χ3v) is 9.41. The van der Waals surface area contributed by atoms with Crippen molar-refractivity contribution in [3.63, 3.8) is 0 Å². The zero-order valence-corrected chi connectivity index (χ0v) is 19.6. The van der Waals surface area contributed by atoms with Crippen molar-refractivity contribution in [2.24, 2.45) is 0 Å². The fourth-order valence-corrected chi connectivity index (χ4v) is 7.12. The summed E-state index contributed by atoms with van der Waals surface area (Å²) in [4.78, 5) is 5.41. The number of rotatable bonds is 4. The molecule has 1 aromatic rings. The molecule has 1 atom stereocenters. The molecule has 9 heteroatoms. The molecule has 0 aromatic carbocycles. The number of hydrogen-bond acceptors (Lipinski definition) is 7. The average molecular weight is 441 g/mol. The molecule has 0 N–H and O–H groups in total. The van der Waals surface area contributed by atoms with Crippen molar-refractivity contribution < 1.29 is 17.7 Å². The van der Waals surface area contributed by atoms with E-state index < -0.39 is 10.0 Å². The van der Waals surface area contributed by atoms with Crippen LogP contribution in [0.5, 0.6) is 0 Å². The number of aromatic nitrogens is 1. The zero-order valence-electron chi connectivity index (χ0n) is 18.8. The molecule has 3 saturated heterocycles. The highest BCUT2D eigenvalue weighted by atomic mass is 32.2. The van der Waals surface area contributed by atoms with Crippen molar-refractivity contribution in [2.45, 2.75) is 76.0 Å². The smallest absolute Gasteiger partial charge is 0.248 e. The monoisotopic (exact) mass is 440 g/mol. The van der Waals surface area contributed by atoms with Gasteiger partial charge in [0.05, 0.1) is 5.60 Å². The lowest BCUT2D eigenvalue weighted by Gasteiger charge is -2.49. The quantitative estimate of drug-likeness (QED) is 0.709. The second-order valence-corrected chi connectivity index (χ2v) is 11.3. The predicted octanol–water partition coefficient (Wildman–Crippen LogP) is 2.02. The van der Waals surface area contributed by atoms with Crippen LogP contribution in [0.4, 0.5) is 0 Å². The van der Waals surface area contributed by atoms with Gasteiger partial charge >= 0.3 is 0 Å². The Balaban J connectivity index is 1.38. The lowest BCUT2D eigenvalue weighted by Crippen LogP contribution is -2.58. The number of hydrogen-bond donors (Lipinski definition) is 0. The third-order valence-electron chi connectivity index (χ3n) is 7.26. The third kappa shape index (κ3) is 4.19. The van der Waals surface area contributed by atoms with Crippen LogP contribution in [0.3, 0.4) is 0 Å². The lowest BCUT2D eigenvalue weighted by atomic mass is 9.82. The maximum Gasteiger partial charge on any atom is 0.248 e. The summed E-state index contributed by atoms with van der Waals surface area (Å²) >= 11 is 0. The fraction of sp³-hybridized carbons (Fsp3) is 0.857. The van der Waals surface area contributed by atoms with E-state index in [1.54, 1.807) is 18.2 Å². The Hall–Kier alpha value is -1.00. The van der Waals surface area contributed by atoms with Gasteiger partial charge in [0.15, 0.2) is 5.76 Å². The van der Waals surface area contributed by atoms with E-state index in [0.717, 1.165) is 58.5 Å². The summed E-state index contributed by atoms with van der Waals surface area (Å²) in [5.41, 5.74) is 0.241. The Kier molecular flexibility index (Phi) is 6.29. The molecule has 3 fully saturated rings. The molecule has 1 spiro atoms. The first-order valence-corrected chi connectivity index (χ1v) is 12.7. The van der Waals surface area contributed by atoms with Gasteiger partial charge in [0, 0.05) is 58.0 Å². The topological polar surface area (TPSA) is 79.1 Å². The number of sulfonamides is 1. The molecule has 0 radical (unpaired) electrons. The van der Waals surface area contributed by atoms with E-state index in [1.807, 2.05) is 0 Å². The molecular formula is C21H36N4O4S. The predicted molar refractivity (Wildman–Crippen MR) is 114 cm³/mol. The van der Waals surface area contributed by atoms with E-state index in [2.05, 4.69) is 28.8 Å². The first kappa shape index (κ1) is 22.2. The summed E-state index contributed by atoms with van der Waals surface area (Å²) in [6.07, 6.45) is 3.58. The van der Waals surface area contributed by atoms with Crippen molar-refractivity contribution in [3.8, 4) is 0 Å². The van der Waals surface area contributed by atoms with Crippen LogP contribution in [0.15, 0.2) is 9.42 Å². The highest BCUT2D eigenvalue weighted by Crippen LogP contribution is 2.38. The van der Waals surface area contributed by atoms with Gasteiger partial charge in [0.25, 0.3) is 0 Å². The second kappa shape index (κ2) is 8.50. The first-order valence-electron chi connectivity index (χ1n) is 11.3. The minimum Gasteiger partial charge on any atom is -0.375 e. The molecule has 1 unspecified atom stereocenters. The number of piperidine rings is 1. The van der Waals surface area contributed by atoms with Crippen molar-refractivity contribution in [2.75, 3.05) is 45.9 Å². The summed E-state index contributed by atoms with van der Waals surface area (Å²) in [5.74, 6) is 0.363. The van der Waals surface area contributed by atoms with E-state index in [1.165, 1.54) is 0 Å². The standard InChI is InChI=1S/C21H36N4O4S/c1-16(2)23-10-12-24(13-11-23)19-5-14-28-21(15-19)6-8-25(9-7-21)30(26,27)20-17(3)22-29-18(20)4/h16,19H,5-15H2,1-4H3. The SMILES string of the molecule is Cc1noc(C)c1S(=O)(=O)N1CCC2(CC1)CC(N1CCN(C(C)C)CC1)CCO2. The van der Waals surface area contributed by atoms with E-state index in [0.29, 0.717) is 36.6 Å². The Morgan fingerprint density at radius 1 is 1.07 bits per heavy atom. The van der Waals surface area contributed by atoms with E-state index in [4.69, 9.17) is 9.26 Å². The largest absolute Gasteiger partial charge is 0.375 e. The molecule has 3 aliphatic rings. The maximum atomic E-state index is 13.1. The van der Waals surface area contributed by atoms with Crippen molar-refractivity contribution >= 4 is 10.0 Å². The van der Waals surface area contributed by atoms with Crippen molar-refractivity contribution in [1.29, 1.82) is 0 Å². The molecule has 30 heavy (non-hydrogen) atoms. The summed E-state index contributed by atoms with van der Waals surface area (Å²) in [7, 11) is -3.58. The molecule has 0 bridgehead atoms. The Bertz CT molecular complexity index is 818. The minimum absolute atomic E-state index is 0.192. The van der Waals surface area contributed by atoms with Crippen molar-refractivity contribution in [1.82, 2.24) is 19.3 Å². The molecule has 3 aliphatic heterocycles. The van der Waals surface area contributed by atoms with Gasteiger partial charge in [-0.1, -0.05) is 5.16 Å². The molecule has 0 saturated carbocycles. The summed E-state index contributed by atoms with van der Waals surface area (Å²) in [5, 5.41) is 3.82. The van der Waals surface area contributed by atoms with E-state index in [9.17, 15) is 8.42 Å². The summed E-state index contributed by atoms with van der Waals surface area (Å²) in [6.45, 7) is 14.1. The van der Waals surface area contributed by atoms with Crippen molar-refractivity contribution in [3.05, 3.63) is 11.5 Å². The van der Waals surface area contributed by atoms with Crippen LogP contribution in [0.25, 0.3) is 0 Å². The van der Waals surface area contributed by atoms with Crippen LogP contribution in [-0.4, -0.2) is 91.2 Å². The molecule has 0 aliphatic carbocycles. The molecule has 170 valence electrons. The van der Waals surface area contributed by atoms with Crippen LogP contribution in [-0.2, 0) is 14.8 Å². The van der Waals surface area contributed by atoms with Gasteiger partial charge in [0.1, 0.15) is 10.6 Å². The van der Waals surface area contributed by atoms with Crippen LogP contribution in [0.2, 0.25) is 0 Å². The molecule has 4 rings (SSSR count). The number of aryl methyl sites for hydroxylation is 2. The lowest BCUT2D eigenvalue weighted by molar-refractivity contribution is -0.130. The maximum absolute atomic E-state index is 13.1. The minimum atomic E-state index is -3.58. The molecule has 4 heterocycles. The van der Waals surface area contributed by atoms with Crippen LogP contribution in [0.1, 0.15) is 51.0 Å². The van der Waals surface area contributed by atoms with Gasteiger partial charge in [-0.3, -0.25) is 9.80 Å². The second-order valence-electron chi connectivity index (χ2n) is 9.40. The van der Waals surface area contributed by atoms with E-state index in [-0.39, 0.29) is 10.5 Å². The van der Waals surface area contributed by atoms with Crippen LogP contribution in [0, 0.1) is 13.8 Å². The van der Waals surface area contributed by atoms with Gasteiger partial charge in [-0.15, -0.1) is 0 Å². The molecular weight excluding hydrogens is 404 g/mol. The highest BCUT2D eigenvalue weighted by Gasteiger charge is 2.45. The summed E-state index contributed by atoms with van der Waals surface area (Å²) < 4.78 is 39.2. The van der Waals surface area contributed by atoms with Crippen LogP contribution < -0.4 is 0 Å². The van der Waals surface area contributed by atoms with Gasteiger partial charge < -0.3 is 9.26 Å². The van der Waals surface area contributed by atoms with Crippen LogP contribution >= 0.6 is 0 Å². The Morgan fingerprint density at radius 3 is 2.30 bits per heavy atom. The zero-order chi connectivity index (χ0) is 21.5. The molecule has 8 nitrogen and oxygen atoms in total.